The molecule has 2 aliphatic rings. The molecule has 0 aromatic heterocycles. The summed E-state index contributed by atoms with van der Waals surface area (Å²) in [6.45, 7) is 3.60. The number of ether oxygens (including phenoxy) is 1. The highest BCUT2D eigenvalue weighted by Crippen LogP contribution is 2.28. The predicted molar refractivity (Wildman–Crippen MR) is 44.8 cm³/mol. The first kappa shape index (κ1) is 8.68. The van der Waals surface area contributed by atoms with Crippen LogP contribution >= 0.6 is 0 Å². The second kappa shape index (κ2) is 2.80. The van der Waals surface area contributed by atoms with Crippen LogP contribution in [0.2, 0.25) is 0 Å². The lowest BCUT2D eigenvalue weighted by Crippen LogP contribution is -2.24. The lowest BCUT2D eigenvalue weighted by molar-refractivity contribution is -0.135. The highest BCUT2D eigenvalue weighted by molar-refractivity contribution is 6.17. The van der Waals surface area contributed by atoms with Gasteiger partial charge in [-0.1, -0.05) is 6.58 Å². The molecule has 1 fully saturated rings. The maximum Gasteiger partial charge on any atom is 0.334 e. The molecule has 0 spiro atoms. The molecule has 0 saturated carbocycles. The molecule has 2 amide bonds. The van der Waals surface area contributed by atoms with Crippen LogP contribution in [-0.4, -0.2) is 24.4 Å². The Morgan fingerprint density at radius 1 is 1.43 bits per heavy atom. The van der Waals surface area contributed by atoms with Crippen molar-refractivity contribution in [3.05, 3.63) is 23.8 Å². The van der Waals surface area contributed by atoms with Crippen molar-refractivity contribution >= 4 is 17.8 Å². The third kappa shape index (κ3) is 1.14. The number of hydrogen-bond donors (Lipinski definition) is 1. The van der Waals surface area contributed by atoms with Gasteiger partial charge in [0.25, 0.3) is 11.8 Å². The van der Waals surface area contributed by atoms with E-state index in [1.165, 1.54) is 6.08 Å². The summed E-state index contributed by atoms with van der Waals surface area (Å²) in [7, 11) is 0. The fourth-order valence-electron chi connectivity index (χ4n) is 1.46. The van der Waals surface area contributed by atoms with Gasteiger partial charge in [-0.2, -0.15) is 0 Å². The van der Waals surface area contributed by atoms with E-state index in [2.05, 4.69) is 11.9 Å². The average Bonchev–Trinajstić information content (AvgIpc) is 2.59. The monoisotopic (exact) mass is 193 g/mol. The minimum absolute atomic E-state index is 0.0875. The van der Waals surface area contributed by atoms with Crippen LogP contribution in [-0.2, 0) is 19.1 Å². The largest absolute Gasteiger partial charge is 0.461 e. The Morgan fingerprint density at radius 3 is 2.57 bits per heavy atom. The quantitative estimate of drug-likeness (QED) is 0.339. The van der Waals surface area contributed by atoms with Crippen molar-refractivity contribution in [2.24, 2.45) is 5.92 Å². The molecule has 2 heterocycles. The van der Waals surface area contributed by atoms with Crippen molar-refractivity contribution in [1.29, 1.82) is 0 Å². The van der Waals surface area contributed by atoms with E-state index in [1.54, 1.807) is 0 Å². The number of rotatable bonds is 1. The molecule has 5 heteroatoms. The second-order valence-electron chi connectivity index (χ2n) is 3.09. The Labute approximate surface area is 79.4 Å². The number of imide groups is 1. The van der Waals surface area contributed by atoms with E-state index in [0.29, 0.717) is 0 Å². The number of amides is 2. The number of cyclic esters (lactones) is 1. The van der Waals surface area contributed by atoms with Crippen LogP contribution in [0.25, 0.3) is 0 Å². The van der Waals surface area contributed by atoms with E-state index in [0.717, 1.165) is 0 Å². The molecular formula is C9H7NO4. The molecule has 0 radical (unpaired) electrons. The zero-order valence-electron chi connectivity index (χ0n) is 7.20. The van der Waals surface area contributed by atoms with Crippen molar-refractivity contribution in [1.82, 2.24) is 5.32 Å². The van der Waals surface area contributed by atoms with Gasteiger partial charge in [-0.25, -0.2) is 4.79 Å². The normalized spacial score (nSPS) is 26.3. The van der Waals surface area contributed by atoms with Crippen molar-refractivity contribution in [3.8, 4) is 0 Å². The minimum atomic E-state index is -0.511. The van der Waals surface area contributed by atoms with Crippen LogP contribution in [0.15, 0.2) is 23.8 Å². The average molecular weight is 193 g/mol. The van der Waals surface area contributed by atoms with Crippen molar-refractivity contribution in [3.63, 3.8) is 0 Å². The van der Waals surface area contributed by atoms with E-state index < -0.39 is 23.7 Å². The Kier molecular flexibility index (Phi) is 1.73. The van der Waals surface area contributed by atoms with E-state index in [1.807, 2.05) is 0 Å². The van der Waals surface area contributed by atoms with Gasteiger partial charge in [-0.05, 0) is 0 Å². The maximum atomic E-state index is 11.2. The van der Waals surface area contributed by atoms with Gasteiger partial charge in [0, 0.05) is 17.2 Å². The molecule has 2 rings (SSSR count). The highest BCUT2D eigenvalue weighted by atomic mass is 16.5. The second-order valence-corrected chi connectivity index (χ2v) is 3.09. The molecule has 1 atom stereocenters. The first-order valence-corrected chi connectivity index (χ1v) is 4.02. The van der Waals surface area contributed by atoms with Crippen molar-refractivity contribution in [2.75, 3.05) is 6.61 Å². The minimum Gasteiger partial charge on any atom is -0.461 e. The molecule has 0 aromatic rings. The molecule has 1 saturated heterocycles. The van der Waals surface area contributed by atoms with Gasteiger partial charge < -0.3 is 4.74 Å². The summed E-state index contributed by atoms with van der Waals surface area (Å²) < 4.78 is 4.70. The molecule has 14 heavy (non-hydrogen) atoms. The van der Waals surface area contributed by atoms with E-state index in [-0.39, 0.29) is 17.8 Å². The van der Waals surface area contributed by atoms with E-state index >= 15 is 0 Å². The van der Waals surface area contributed by atoms with Crippen LogP contribution in [0, 0.1) is 5.92 Å². The van der Waals surface area contributed by atoms with Crippen LogP contribution in [0.5, 0.6) is 0 Å². The smallest absolute Gasteiger partial charge is 0.334 e. The number of nitrogens with one attached hydrogen (secondary N) is 1. The first-order chi connectivity index (χ1) is 6.59. The number of esters is 1. The Morgan fingerprint density at radius 2 is 2.14 bits per heavy atom. The zero-order chi connectivity index (χ0) is 10.3. The summed E-state index contributed by atoms with van der Waals surface area (Å²) in [5, 5.41) is 2.10. The van der Waals surface area contributed by atoms with Gasteiger partial charge in [0.05, 0.1) is 5.92 Å². The SMILES string of the molecule is C=C1C(=O)OCC1C1=CC(=O)NC1=O. The summed E-state index contributed by atoms with van der Waals surface area (Å²) in [6, 6.07) is 0. The lowest BCUT2D eigenvalue weighted by Gasteiger charge is -2.05. The van der Waals surface area contributed by atoms with Gasteiger partial charge in [0.2, 0.25) is 0 Å². The number of carbonyl (C=O) groups excluding carboxylic acids is 3. The van der Waals surface area contributed by atoms with Gasteiger partial charge in [0.1, 0.15) is 6.61 Å². The van der Waals surface area contributed by atoms with Crippen molar-refractivity contribution in [2.45, 2.75) is 0 Å². The summed E-state index contributed by atoms with van der Waals surface area (Å²) in [5.74, 6) is -1.92. The Hall–Kier alpha value is -1.91. The summed E-state index contributed by atoms with van der Waals surface area (Å²) in [4.78, 5) is 33.0. The summed E-state index contributed by atoms with van der Waals surface area (Å²) in [6.07, 6.45) is 1.18. The lowest BCUT2D eigenvalue weighted by atomic mass is 9.95. The summed E-state index contributed by atoms with van der Waals surface area (Å²) in [5.41, 5.74) is 0.479. The molecule has 1 unspecified atom stereocenters. The number of carbonyl (C=O) groups is 3. The first-order valence-electron chi connectivity index (χ1n) is 4.02. The highest BCUT2D eigenvalue weighted by Gasteiger charge is 2.37. The molecular weight excluding hydrogens is 186 g/mol. The fraction of sp³-hybridized carbons (Fsp3) is 0.222. The standard InChI is InChI=1S/C9H7NO4/c1-4-6(3-14-9(4)13)5-2-7(11)10-8(5)12/h2,6H,1,3H2,(H,10,11,12). The predicted octanol–water partition coefficient (Wildman–Crippen LogP) is -0.702. The van der Waals surface area contributed by atoms with Gasteiger partial charge in [-0.3, -0.25) is 14.9 Å². The third-order valence-electron chi connectivity index (χ3n) is 2.22. The molecule has 0 aromatic carbocycles. The zero-order valence-corrected chi connectivity index (χ0v) is 7.20. The Balaban J connectivity index is 2.29. The molecule has 0 aliphatic carbocycles. The van der Waals surface area contributed by atoms with Crippen LogP contribution in [0.1, 0.15) is 0 Å². The van der Waals surface area contributed by atoms with Crippen LogP contribution < -0.4 is 5.32 Å². The Bertz CT molecular complexity index is 394. The van der Waals surface area contributed by atoms with E-state index in [9.17, 15) is 14.4 Å². The summed E-state index contributed by atoms with van der Waals surface area (Å²) >= 11 is 0. The number of hydrogen-bond acceptors (Lipinski definition) is 4. The molecule has 72 valence electrons. The van der Waals surface area contributed by atoms with Crippen LogP contribution in [0.3, 0.4) is 0 Å². The third-order valence-corrected chi connectivity index (χ3v) is 2.22. The van der Waals surface area contributed by atoms with Crippen molar-refractivity contribution < 1.29 is 19.1 Å². The molecule has 2 aliphatic heterocycles. The van der Waals surface area contributed by atoms with Gasteiger partial charge in [0.15, 0.2) is 0 Å². The van der Waals surface area contributed by atoms with Gasteiger partial charge >= 0.3 is 5.97 Å². The molecule has 5 nitrogen and oxygen atoms in total. The van der Waals surface area contributed by atoms with Crippen LogP contribution in [0.4, 0.5) is 0 Å². The van der Waals surface area contributed by atoms with Gasteiger partial charge in [-0.15, -0.1) is 0 Å². The molecule has 0 bridgehead atoms. The fourth-order valence-corrected chi connectivity index (χ4v) is 1.46. The molecule has 1 N–H and O–H groups in total. The van der Waals surface area contributed by atoms with E-state index in [4.69, 9.17) is 4.74 Å². The topological polar surface area (TPSA) is 72.5 Å². The maximum absolute atomic E-state index is 11.2.